The molecule has 35 heavy (non-hydrogen) atoms. The lowest BCUT2D eigenvalue weighted by Gasteiger charge is -2.14. The zero-order chi connectivity index (χ0) is 25.1. The van der Waals surface area contributed by atoms with Crippen LogP contribution in [0.25, 0.3) is 22.2 Å². The largest absolute Gasteiger partial charge is 0.493 e. The van der Waals surface area contributed by atoms with E-state index in [9.17, 15) is 14.7 Å². The fourth-order valence-corrected chi connectivity index (χ4v) is 3.78. The molecule has 0 radical (unpaired) electrons. The van der Waals surface area contributed by atoms with Crippen molar-refractivity contribution < 1.29 is 24.2 Å². The number of nitrogens with zero attached hydrogens (tertiary/aromatic N) is 2. The van der Waals surface area contributed by atoms with E-state index in [1.54, 1.807) is 46.4 Å². The summed E-state index contributed by atoms with van der Waals surface area (Å²) in [5, 5.41) is 15.8. The lowest BCUT2D eigenvalue weighted by molar-refractivity contribution is 0.0695. The fourth-order valence-electron chi connectivity index (χ4n) is 3.78. The SMILES string of the molecule is CNc1nc(-c2cccc(NC(=O)c3ccc(C(=O)O)c(C)c3)c2)c2cc(OC)c(OC)cc2n1. The van der Waals surface area contributed by atoms with Gasteiger partial charge >= 0.3 is 5.97 Å². The van der Waals surface area contributed by atoms with E-state index in [2.05, 4.69) is 20.6 Å². The monoisotopic (exact) mass is 472 g/mol. The van der Waals surface area contributed by atoms with Crippen LogP contribution >= 0.6 is 0 Å². The minimum absolute atomic E-state index is 0.159. The molecule has 4 aromatic rings. The van der Waals surface area contributed by atoms with E-state index in [1.807, 2.05) is 24.3 Å². The molecule has 9 heteroatoms. The van der Waals surface area contributed by atoms with Crippen LogP contribution in [0, 0.1) is 6.92 Å². The summed E-state index contributed by atoms with van der Waals surface area (Å²) in [6, 6.07) is 15.4. The predicted octanol–water partition coefficient (Wildman–Crippen LogP) is 4.61. The number of hydrogen-bond acceptors (Lipinski definition) is 7. The number of hydrogen-bond donors (Lipinski definition) is 3. The summed E-state index contributed by atoms with van der Waals surface area (Å²) in [6.45, 7) is 1.66. The molecule has 0 fully saturated rings. The van der Waals surface area contributed by atoms with Gasteiger partial charge in [0.1, 0.15) is 0 Å². The molecule has 3 aromatic carbocycles. The smallest absolute Gasteiger partial charge is 0.335 e. The van der Waals surface area contributed by atoms with Crippen molar-refractivity contribution in [1.82, 2.24) is 9.97 Å². The second-order valence-electron chi connectivity index (χ2n) is 7.74. The Bertz CT molecular complexity index is 1450. The van der Waals surface area contributed by atoms with Crippen LogP contribution in [-0.2, 0) is 0 Å². The Kier molecular flexibility index (Phi) is 6.50. The third-order valence-electron chi connectivity index (χ3n) is 5.54. The molecule has 0 aliphatic rings. The number of aryl methyl sites for hydroxylation is 1. The van der Waals surface area contributed by atoms with Crippen molar-refractivity contribution in [3.63, 3.8) is 0 Å². The maximum atomic E-state index is 12.8. The Morgan fingerprint density at radius 1 is 0.943 bits per heavy atom. The summed E-state index contributed by atoms with van der Waals surface area (Å²) in [4.78, 5) is 33.3. The number of anilines is 2. The Morgan fingerprint density at radius 2 is 1.69 bits per heavy atom. The number of carboxylic acids is 1. The highest BCUT2D eigenvalue weighted by Gasteiger charge is 2.16. The van der Waals surface area contributed by atoms with Gasteiger partial charge in [0.05, 0.1) is 31.0 Å². The molecule has 0 saturated carbocycles. The number of fused-ring (bicyclic) bond motifs is 1. The number of benzene rings is 3. The maximum absolute atomic E-state index is 12.8. The summed E-state index contributed by atoms with van der Waals surface area (Å²) in [6.07, 6.45) is 0. The predicted molar refractivity (Wildman–Crippen MR) is 134 cm³/mol. The topological polar surface area (TPSA) is 123 Å². The van der Waals surface area contributed by atoms with E-state index in [4.69, 9.17) is 9.47 Å². The Hall–Kier alpha value is -4.66. The average Bonchev–Trinajstić information content (AvgIpc) is 2.86. The number of carboxylic acid groups (broad SMARTS) is 1. The van der Waals surface area contributed by atoms with Crippen LogP contribution in [0.5, 0.6) is 11.5 Å². The summed E-state index contributed by atoms with van der Waals surface area (Å²) in [5.41, 5.74) is 3.67. The van der Waals surface area contributed by atoms with Crippen molar-refractivity contribution in [2.24, 2.45) is 0 Å². The van der Waals surface area contributed by atoms with E-state index in [1.165, 1.54) is 12.1 Å². The quantitative estimate of drug-likeness (QED) is 0.356. The molecule has 9 nitrogen and oxygen atoms in total. The van der Waals surface area contributed by atoms with E-state index in [0.717, 1.165) is 10.9 Å². The molecular weight excluding hydrogens is 448 g/mol. The molecular formula is C26H24N4O5. The number of carbonyl (C=O) groups excluding carboxylic acids is 1. The average molecular weight is 473 g/mol. The van der Waals surface area contributed by atoms with Gasteiger partial charge in [0.25, 0.3) is 5.91 Å². The van der Waals surface area contributed by atoms with Crippen molar-refractivity contribution in [2.45, 2.75) is 6.92 Å². The van der Waals surface area contributed by atoms with Crippen LogP contribution < -0.4 is 20.1 Å². The summed E-state index contributed by atoms with van der Waals surface area (Å²) in [7, 11) is 4.86. The summed E-state index contributed by atoms with van der Waals surface area (Å²) < 4.78 is 10.9. The first kappa shape index (κ1) is 23.5. The Labute approximate surface area is 201 Å². The van der Waals surface area contributed by atoms with Gasteiger partial charge in [0.2, 0.25) is 5.95 Å². The van der Waals surface area contributed by atoms with Gasteiger partial charge in [-0.15, -0.1) is 0 Å². The van der Waals surface area contributed by atoms with Crippen LogP contribution in [-0.4, -0.2) is 48.2 Å². The van der Waals surface area contributed by atoms with Crippen molar-refractivity contribution >= 4 is 34.4 Å². The number of aromatic nitrogens is 2. The summed E-state index contributed by atoms with van der Waals surface area (Å²) in [5.74, 6) is 0.151. The van der Waals surface area contributed by atoms with Crippen molar-refractivity contribution in [3.05, 3.63) is 71.3 Å². The molecule has 0 aliphatic heterocycles. The third-order valence-corrected chi connectivity index (χ3v) is 5.54. The highest BCUT2D eigenvalue weighted by Crippen LogP contribution is 2.36. The second kappa shape index (κ2) is 9.68. The van der Waals surface area contributed by atoms with Crippen LogP contribution in [0.4, 0.5) is 11.6 Å². The molecule has 0 saturated heterocycles. The van der Waals surface area contributed by atoms with E-state index >= 15 is 0 Å². The molecule has 0 atom stereocenters. The molecule has 4 rings (SSSR count). The number of methoxy groups -OCH3 is 2. The van der Waals surface area contributed by atoms with Gasteiger partial charge in [-0.1, -0.05) is 12.1 Å². The minimum Gasteiger partial charge on any atom is -0.493 e. The molecule has 0 spiro atoms. The van der Waals surface area contributed by atoms with Crippen LogP contribution in [0.15, 0.2) is 54.6 Å². The molecule has 3 N–H and O–H groups in total. The number of amides is 1. The Balaban J connectivity index is 1.73. The first-order valence-corrected chi connectivity index (χ1v) is 10.7. The number of nitrogens with one attached hydrogen (secondary N) is 2. The van der Waals surface area contributed by atoms with Crippen LogP contribution in [0.1, 0.15) is 26.3 Å². The number of aromatic carboxylic acids is 1. The normalized spacial score (nSPS) is 10.6. The molecule has 1 aromatic heterocycles. The minimum atomic E-state index is -1.03. The van der Waals surface area contributed by atoms with Gasteiger partial charge in [0.15, 0.2) is 11.5 Å². The van der Waals surface area contributed by atoms with Gasteiger partial charge in [-0.25, -0.2) is 14.8 Å². The molecule has 1 heterocycles. The highest BCUT2D eigenvalue weighted by atomic mass is 16.5. The zero-order valence-corrected chi connectivity index (χ0v) is 19.7. The van der Waals surface area contributed by atoms with E-state index in [0.29, 0.717) is 45.5 Å². The zero-order valence-electron chi connectivity index (χ0n) is 19.7. The summed E-state index contributed by atoms with van der Waals surface area (Å²) >= 11 is 0. The molecule has 0 unspecified atom stereocenters. The second-order valence-corrected chi connectivity index (χ2v) is 7.74. The Morgan fingerprint density at radius 3 is 2.34 bits per heavy atom. The lowest BCUT2D eigenvalue weighted by Crippen LogP contribution is -2.13. The highest BCUT2D eigenvalue weighted by molar-refractivity contribution is 6.05. The molecule has 1 amide bonds. The van der Waals surface area contributed by atoms with Crippen LogP contribution in [0.3, 0.4) is 0 Å². The van der Waals surface area contributed by atoms with Crippen molar-refractivity contribution in [1.29, 1.82) is 0 Å². The van der Waals surface area contributed by atoms with Gasteiger partial charge in [-0.3, -0.25) is 4.79 Å². The van der Waals surface area contributed by atoms with Gasteiger partial charge in [0, 0.05) is 35.3 Å². The molecule has 0 bridgehead atoms. The van der Waals surface area contributed by atoms with Crippen LogP contribution in [0.2, 0.25) is 0 Å². The standard InChI is InChI=1S/C26H24N4O5/c1-14-10-16(8-9-18(14)25(32)33)24(31)28-17-7-5-6-15(11-17)23-19-12-21(34-3)22(35-4)13-20(19)29-26(27-2)30-23/h5-13H,1-4H3,(H,28,31)(H,32,33)(H,27,29,30). The maximum Gasteiger partial charge on any atom is 0.335 e. The third kappa shape index (κ3) is 4.70. The van der Waals surface area contributed by atoms with Gasteiger partial charge in [-0.2, -0.15) is 0 Å². The number of carbonyl (C=O) groups is 2. The lowest BCUT2D eigenvalue weighted by atomic mass is 10.0. The van der Waals surface area contributed by atoms with E-state index in [-0.39, 0.29) is 11.5 Å². The van der Waals surface area contributed by atoms with Gasteiger partial charge < -0.3 is 25.2 Å². The molecule has 0 aliphatic carbocycles. The van der Waals surface area contributed by atoms with Crippen molar-refractivity contribution in [2.75, 3.05) is 31.9 Å². The fraction of sp³-hybridized carbons (Fsp3) is 0.154. The number of ether oxygens (including phenoxy) is 2. The first-order valence-electron chi connectivity index (χ1n) is 10.7. The number of rotatable bonds is 7. The van der Waals surface area contributed by atoms with Gasteiger partial charge in [-0.05, 0) is 48.9 Å². The molecule has 178 valence electrons. The first-order chi connectivity index (χ1) is 16.8. The van der Waals surface area contributed by atoms with E-state index < -0.39 is 5.97 Å². The van der Waals surface area contributed by atoms with Crippen molar-refractivity contribution in [3.8, 4) is 22.8 Å².